The first-order valence-electron chi connectivity index (χ1n) is 8.95. The third kappa shape index (κ3) is 4.79. The Bertz CT molecular complexity index is 543. The highest BCUT2D eigenvalue weighted by Gasteiger charge is 2.34. The third-order valence-electron chi connectivity index (χ3n) is 4.96. The average molecular weight is 332 g/mol. The topological polar surface area (TPSA) is 61.8 Å². The Hall–Kier alpha value is -1.43. The summed E-state index contributed by atoms with van der Waals surface area (Å²) in [5.74, 6) is -0.314. The third-order valence-corrected chi connectivity index (χ3v) is 4.96. The predicted molar refractivity (Wildman–Crippen MR) is 92.7 cm³/mol. The molecule has 0 aromatic heterocycles. The maximum absolute atomic E-state index is 12.3. The van der Waals surface area contributed by atoms with Gasteiger partial charge in [-0.05, 0) is 38.2 Å². The van der Waals surface area contributed by atoms with E-state index in [0.29, 0.717) is 19.4 Å². The molecule has 3 rings (SSSR count). The summed E-state index contributed by atoms with van der Waals surface area (Å²) in [6.45, 7) is 4.63. The molecule has 2 atom stereocenters. The minimum absolute atomic E-state index is 0.0215. The van der Waals surface area contributed by atoms with Crippen molar-refractivity contribution in [3.05, 3.63) is 35.9 Å². The molecule has 1 saturated heterocycles. The summed E-state index contributed by atoms with van der Waals surface area (Å²) in [7, 11) is 0. The van der Waals surface area contributed by atoms with Crippen molar-refractivity contribution < 1.29 is 14.6 Å². The Morgan fingerprint density at radius 2 is 2.12 bits per heavy atom. The van der Waals surface area contributed by atoms with Crippen LogP contribution in [-0.2, 0) is 16.0 Å². The highest BCUT2D eigenvalue weighted by atomic mass is 16.5. The number of aliphatic hydroxyl groups is 1. The van der Waals surface area contributed by atoms with Gasteiger partial charge in [0.2, 0.25) is 0 Å². The van der Waals surface area contributed by atoms with Gasteiger partial charge in [-0.25, -0.2) is 0 Å². The number of aryl methyl sites for hydroxylation is 1. The van der Waals surface area contributed by atoms with Crippen LogP contribution in [0, 0.1) is 0 Å². The minimum atomic E-state index is -1.36. The molecule has 1 aliphatic heterocycles. The number of morpholine rings is 1. The lowest BCUT2D eigenvalue weighted by molar-refractivity contribution is -0.139. The summed E-state index contributed by atoms with van der Waals surface area (Å²) < 4.78 is 5.74. The number of rotatable bonds is 7. The van der Waals surface area contributed by atoms with Crippen LogP contribution in [0.2, 0.25) is 0 Å². The summed E-state index contributed by atoms with van der Waals surface area (Å²) >= 11 is 0. The minimum Gasteiger partial charge on any atom is -0.380 e. The van der Waals surface area contributed by atoms with Crippen LogP contribution in [0.25, 0.3) is 0 Å². The van der Waals surface area contributed by atoms with Crippen LogP contribution in [0.15, 0.2) is 30.3 Å². The quantitative estimate of drug-likeness (QED) is 0.791. The van der Waals surface area contributed by atoms with Crippen LogP contribution in [0.4, 0.5) is 0 Å². The number of benzene rings is 1. The molecule has 0 radical (unpaired) electrons. The molecule has 2 N–H and O–H groups in total. The molecule has 24 heavy (non-hydrogen) atoms. The molecule has 0 bridgehead atoms. The molecule has 5 heteroatoms. The second kappa shape index (κ2) is 7.64. The van der Waals surface area contributed by atoms with Gasteiger partial charge in [-0.3, -0.25) is 9.69 Å². The first-order chi connectivity index (χ1) is 11.5. The first-order valence-corrected chi connectivity index (χ1v) is 8.95. The van der Waals surface area contributed by atoms with Crippen LogP contribution in [0.3, 0.4) is 0 Å². The normalized spacial score (nSPS) is 24.3. The second-order valence-electron chi connectivity index (χ2n) is 7.19. The lowest BCUT2D eigenvalue weighted by Gasteiger charge is -2.33. The van der Waals surface area contributed by atoms with Crippen molar-refractivity contribution in [1.29, 1.82) is 0 Å². The van der Waals surface area contributed by atoms with Gasteiger partial charge in [0.25, 0.3) is 5.91 Å². The van der Waals surface area contributed by atoms with Crippen LogP contribution in [0.5, 0.6) is 0 Å². The number of ether oxygens (including phenoxy) is 1. The van der Waals surface area contributed by atoms with Gasteiger partial charge in [-0.1, -0.05) is 30.3 Å². The zero-order valence-electron chi connectivity index (χ0n) is 14.4. The van der Waals surface area contributed by atoms with E-state index in [0.717, 1.165) is 31.3 Å². The van der Waals surface area contributed by atoms with Crippen LogP contribution < -0.4 is 5.32 Å². The highest BCUT2D eigenvalue weighted by Crippen LogP contribution is 2.28. The largest absolute Gasteiger partial charge is 0.380 e. The van der Waals surface area contributed by atoms with Crippen molar-refractivity contribution in [1.82, 2.24) is 10.2 Å². The lowest BCUT2D eigenvalue weighted by Crippen LogP contribution is -2.51. The first kappa shape index (κ1) is 17.4. The van der Waals surface area contributed by atoms with E-state index in [9.17, 15) is 9.90 Å². The Kier molecular flexibility index (Phi) is 5.54. The van der Waals surface area contributed by atoms with Gasteiger partial charge in [-0.15, -0.1) is 0 Å². The van der Waals surface area contributed by atoms with E-state index in [-0.39, 0.29) is 12.0 Å². The van der Waals surface area contributed by atoms with Crippen molar-refractivity contribution in [2.24, 2.45) is 0 Å². The molecule has 1 heterocycles. The Morgan fingerprint density at radius 3 is 2.83 bits per heavy atom. The fraction of sp³-hybridized carbons (Fsp3) is 0.632. The zero-order chi connectivity index (χ0) is 17.0. The van der Waals surface area contributed by atoms with Crippen LogP contribution in [-0.4, -0.2) is 59.9 Å². The van der Waals surface area contributed by atoms with Crippen molar-refractivity contribution in [2.75, 3.05) is 26.2 Å². The van der Waals surface area contributed by atoms with Crippen molar-refractivity contribution >= 4 is 5.91 Å². The summed E-state index contributed by atoms with van der Waals surface area (Å²) in [5, 5.41) is 13.3. The highest BCUT2D eigenvalue weighted by molar-refractivity contribution is 5.84. The standard InChI is InChI=1S/C19H28N2O3/c1-19(23,10-9-15-5-3-2-4-6-15)18(22)20-13-17-14-21(11-12-24-17)16-7-8-16/h2-6,16-17,23H,7-14H2,1H3,(H,20,22)/t17-,19-/m1/s1. The average Bonchev–Trinajstić information content (AvgIpc) is 3.44. The number of nitrogens with one attached hydrogen (secondary N) is 1. The van der Waals surface area contributed by atoms with Gasteiger partial charge in [0, 0.05) is 25.7 Å². The Morgan fingerprint density at radius 1 is 1.38 bits per heavy atom. The monoisotopic (exact) mass is 332 g/mol. The van der Waals surface area contributed by atoms with E-state index in [4.69, 9.17) is 4.74 Å². The molecule has 2 fully saturated rings. The fourth-order valence-electron chi connectivity index (χ4n) is 3.18. The number of carbonyl (C=O) groups is 1. The van der Waals surface area contributed by atoms with Gasteiger partial charge in [0.15, 0.2) is 0 Å². The number of hydrogen-bond donors (Lipinski definition) is 2. The van der Waals surface area contributed by atoms with Crippen molar-refractivity contribution in [3.63, 3.8) is 0 Å². The van der Waals surface area contributed by atoms with Crippen LogP contribution >= 0.6 is 0 Å². The molecular weight excluding hydrogens is 304 g/mol. The Labute approximate surface area is 144 Å². The second-order valence-corrected chi connectivity index (χ2v) is 7.19. The molecule has 2 aliphatic rings. The van der Waals surface area contributed by atoms with Crippen LogP contribution in [0.1, 0.15) is 31.7 Å². The number of hydrogen-bond acceptors (Lipinski definition) is 4. The van der Waals surface area contributed by atoms with Crippen molar-refractivity contribution in [2.45, 2.75) is 50.4 Å². The maximum Gasteiger partial charge on any atom is 0.251 e. The van der Waals surface area contributed by atoms with E-state index in [1.165, 1.54) is 12.8 Å². The molecular formula is C19H28N2O3. The van der Waals surface area contributed by atoms with E-state index in [2.05, 4.69) is 10.2 Å². The molecule has 1 saturated carbocycles. The molecule has 5 nitrogen and oxygen atoms in total. The Balaban J connectivity index is 1.42. The summed E-state index contributed by atoms with van der Waals surface area (Å²) in [4.78, 5) is 14.8. The molecule has 1 amide bonds. The summed E-state index contributed by atoms with van der Waals surface area (Å²) in [6.07, 6.45) is 3.67. The molecule has 1 aliphatic carbocycles. The molecule has 1 aromatic carbocycles. The zero-order valence-corrected chi connectivity index (χ0v) is 14.4. The smallest absolute Gasteiger partial charge is 0.251 e. The van der Waals surface area contributed by atoms with E-state index < -0.39 is 5.60 Å². The molecule has 0 unspecified atom stereocenters. The van der Waals surface area contributed by atoms with Crippen molar-refractivity contribution in [3.8, 4) is 0 Å². The van der Waals surface area contributed by atoms with E-state index >= 15 is 0 Å². The molecule has 132 valence electrons. The number of amides is 1. The van der Waals surface area contributed by atoms with Gasteiger partial charge < -0.3 is 15.2 Å². The summed E-state index contributed by atoms with van der Waals surface area (Å²) in [5.41, 5.74) is -0.234. The maximum atomic E-state index is 12.3. The molecule has 1 aromatic rings. The SMILES string of the molecule is C[C@@](O)(CCc1ccccc1)C(=O)NC[C@@H]1CN(C2CC2)CCO1. The fourth-order valence-corrected chi connectivity index (χ4v) is 3.18. The van der Waals surface area contributed by atoms with E-state index in [1.54, 1.807) is 6.92 Å². The van der Waals surface area contributed by atoms with Gasteiger partial charge in [0.05, 0.1) is 12.7 Å². The van der Waals surface area contributed by atoms with Gasteiger partial charge >= 0.3 is 0 Å². The van der Waals surface area contributed by atoms with E-state index in [1.807, 2.05) is 30.3 Å². The van der Waals surface area contributed by atoms with Gasteiger partial charge in [-0.2, -0.15) is 0 Å². The number of carbonyl (C=O) groups excluding carboxylic acids is 1. The van der Waals surface area contributed by atoms with Gasteiger partial charge in [0.1, 0.15) is 5.60 Å². The lowest BCUT2D eigenvalue weighted by atomic mass is 9.96. The predicted octanol–water partition coefficient (Wildman–Crippen LogP) is 1.35. The molecule has 0 spiro atoms. The number of nitrogens with zero attached hydrogens (tertiary/aromatic N) is 1. The summed E-state index contributed by atoms with van der Waals surface area (Å²) in [6, 6.07) is 10.6.